The van der Waals surface area contributed by atoms with Crippen molar-refractivity contribution < 1.29 is 9.59 Å². The Morgan fingerprint density at radius 1 is 1.62 bits per heavy atom. The molecule has 2 heteroatoms. The molecular formula is C11H14O2. The second kappa shape index (κ2) is 4.75. The van der Waals surface area contributed by atoms with Crippen LogP contribution in [-0.4, -0.2) is 11.6 Å². The molecule has 70 valence electrons. The zero-order valence-corrected chi connectivity index (χ0v) is 7.88. The van der Waals surface area contributed by atoms with Crippen LogP contribution in [0.4, 0.5) is 0 Å². The molecule has 0 heterocycles. The maximum Gasteiger partial charge on any atom is 0.188 e. The van der Waals surface area contributed by atoms with Crippen LogP contribution in [0.15, 0.2) is 23.8 Å². The molecule has 0 saturated heterocycles. The molecule has 1 aliphatic carbocycles. The second-order valence-corrected chi connectivity index (χ2v) is 3.13. The summed E-state index contributed by atoms with van der Waals surface area (Å²) in [5.41, 5.74) is 0.382. The van der Waals surface area contributed by atoms with Crippen molar-refractivity contribution in [3.8, 4) is 0 Å². The van der Waals surface area contributed by atoms with Crippen molar-refractivity contribution in [3.05, 3.63) is 23.8 Å². The number of hydrogen-bond acceptors (Lipinski definition) is 2. The van der Waals surface area contributed by atoms with E-state index in [0.717, 1.165) is 19.3 Å². The number of carbonyl (C=O) groups excluding carboxylic acids is 2. The topological polar surface area (TPSA) is 34.1 Å². The highest BCUT2D eigenvalue weighted by Gasteiger charge is 2.19. The fourth-order valence-electron chi connectivity index (χ4n) is 1.28. The summed E-state index contributed by atoms with van der Waals surface area (Å²) in [5.74, 6) is -0.137. The van der Waals surface area contributed by atoms with Crippen molar-refractivity contribution in [2.24, 2.45) is 0 Å². The van der Waals surface area contributed by atoms with Gasteiger partial charge in [-0.25, -0.2) is 0 Å². The lowest BCUT2D eigenvalue weighted by molar-refractivity contribution is -0.118. The molecule has 2 nitrogen and oxygen atoms in total. The van der Waals surface area contributed by atoms with Gasteiger partial charge in [0.15, 0.2) is 11.6 Å². The number of unbranched alkanes of at least 4 members (excludes halogenated alkanes) is 1. The first-order valence-electron chi connectivity index (χ1n) is 4.70. The molecule has 0 amide bonds. The minimum atomic E-state index is -0.129. The van der Waals surface area contributed by atoms with Crippen LogP contribution in [0.25, 0.3) is 0 Å². The van der Waals surface area contributed by atoms with Crippen LogP contribution in [0.2, 0.25) is 0 Å². The maximum atomic E-state index is 11.4. The van der Waals surface area contributed by atoms with E-state index in [1.165, 1.54) is 6.08 Å². The Morgan fingerprint density at radius 3 is 2.92 bits per heavy atom. The fraction of sp³-hybridized carbons (Fsp3) is 0.455. The normalized spacial score (nSPS) is 16.7. The van der Waals surface area contributed by atoms with Crippen LogP contribution in [0.1, 0.15) is 32.6 Å². The Balaban J connectivity index is 2.53. The standard InChI is InChI=1S/C11H14O2/c1-2-3-4-7-10(12)9-6-5-8-11(9)13/h4,6-7H,2-3,5,8H2,1H3. The van der Waals surface area contributed by atoms with Crippen LogP contribution in [-0.2, 0) is 9.59 Å². The van der Waals surface area contributed by atoms with Crippen molar-refractivity contribution >= 4 is 11.6 Å². The van der Waals surface area contributed by atoms with E-state index < -0.39 is 0 Å². The predicted molar refractivity (Wildman–Crippen MR) is 51.4 cm³/mol. The molecule has 0 N–H and O–H groups in total. The van der Waals surface area contributed by atoms with Crippen LogP contribution in [0, 0.1) is 0 Å². The minimum Gasteiger partial charge on any atom is -0.294 e. The van der Waals surface area contributed by atoms with Gasteiger partial charge in [-0.05, 0) is 18.9 Å². The highest BCUT2D eigenvalue weighted by Crippen LogP contribution is 2.15. The monoisotopic (exact) mass is 178 g/mol. The van der Waals surface area contributed by atoms with Crippen molar-refractivity contribution in [2.45, 2.75) is 32.6 Å². The Kier molecular flexibility index (Phi) is 3.62. The molecule has 0 unspecified atom stereocenters. The van der Waals surface area contributed by atoms with Crippen molar-refractivity contribution in [3.63, 3.8) is 0 Å². The summed E-state index contributed by atoms with van der Waals surface area (Å²) < 4.78 is 0. The van der Waals surface area contributed by atoms with E-state index >= 15 is 0 Å². The molecule has 0 radical (unpaired) electrons. The fourth-order valence-corrected chi connectivity index (χ4v) is 1.28. The molecule has 0 saturated carbocycles. The molecule has 1 rings (SSSR count). The van der Waals surface area contributed by atoms with Crippen molar-refractivity contribution in [1.29, 1.82) is 0 Å². The van der Waals surface area contributed by atoms with Gasteiger partial charge in [-0.3, -0.25) is 9.59 Å². The SMILES string of the molecule is CCCC=CC(=O)C1=CCCC1=O. The Labute approximate surface area is 78.3 Å². The minimum absolute atomic E-state index is 0.00820. The Bertz CT molecular complexity index is 272. The molecule has 0 aromatic rings. The van der Waals surface area contributed by atoms with E-state index in [1.807, 2.05) is 6.08 Å². The lowest BCUT2D eigenvalue weighted by Gasteiger charge is -1.92. The van der Waals surface area contributed by atoms with Gasteiger partial charge in [0, 0.05) is 6.42 Å². The van der Waals surface area contributed by atoms with E-state index in [0.29, 0.717) is 12.0 Å². The third kappa shape index (κ3) is 2.65. The highest BCUT2D eigenvalue weighted by molar-refractivity contribution is 6.25. The van der Waals surface area contributed by atoms with Crippen LogP contribution < -0.4 is 0 Å². The van der Waals surface area contributed by atoms with E-state index in [4.69, 9.17) is 0 Å². The number of ketones is 2. The average Bonchev–Trinajstić information content (AvgIpc) is 2.52. The number of Topliss-reactive ketones (excluding diaryl/α,β-unsaturated/α-hetero) is 1. The molecule has 0 bridgehead atoms. The smallest absolute Gasteiger partial charge is 0.188 e. The third-order valence-corrected chi connectivity index (χ3v) is 2.01. The molecule has 0 aromatic carbocycles. The number of hydrogen-bond donors (Lipinski definition) is 0. The van der Waals surface area contributed by atoms with Crippen LogP contribution in [0.5, 0.6) is 0 Å². The van der Waals surface area contributed by atoms with Gasteiger partial charge in [0.1, 0.15) is 0 Å². The number of allylic oxidation sites excluding steroid dienone is 4. The van der Waals surface area contributed by atoms with Crippen LogP contribution in [0.3, 0.4) is 0 Å². The van der Waals surface area contributed by atoms with Crippen molar-refractivity contribution in [1.82, 2.24) is 0 Å². The largest absolute Gasteiger partial charge is 0.294 e. The lowest BCUT2D eigenvalue weighted by atomic mass is 10.1. The van der Waals surface area contributed by atoms with Gasteiger partial charge < -0.3 is 0 Å². The summed E-state index contributed by atoms with van der Waals surface area (Å²) in [6, 6.07) is 0. The second-order valence-electron chi connectivity index (χ2n) is 3.13. The maximum absolute atomic E-state index is 11.4. The van der Waals surface area contributed by atoms with E-state index in [1.54, 1.807) is 6.08 Å². The average molecular weight is 178 g/mol. The first kappa shape index (κ1) is 9.90. The molecule has 1 aliphatic rings. The highest BCUT2D eigenvalue weighted by atomic mass is 16.1. The molecule has 0 atom stereocenters. The first-order valence-corrected chi connectivity index (χ1v) is 4.70. The van der Waals surface area contributed by atoms with E-state index in [2.05, 4.69) is 6.92 Å². The summed E-state index contributed by atoms with van der Waals surface area (Å²) in [6.07, 6.45) is 8.22. The van der Waals surface area contributed by atoms with Gasteiger partial charge in [0.2, 0.25) is 0 Å². The molecular weight excluding hydrogens is 164 g/mol. The van der Waals surface area contributed by atoms with Gasteiger partial charge in [0.25, 0.3) is 0 Å². The zero-order valence-electron chi connectivity index (χ0n) is 7.88. The third-order valence-electron chi connectivity index (χ3n) is 2.01. The summed E-state index contributed by atoms with van der Waals surface area (Å²) in [6.45, 7) is 2.05. The summed E-state index contributed by atoms with van der Waals surface area (Å²) in [5, 5.41) is 0. The molecule has 0 aliphatic heterocycles. The molecule has 0 fully saturated rings. The van der Waals surface area contributed by atoms with Crippen LogP contribution >= 0.6 is 0 Å². The summed E-state index contributed by atoms with van der Waals surface area (Å²) >= 11 is 0. The summed E-state index contributed by atoms with van der Waals surface area (Å²) in [7, 11) is 0. The van der Waals surface area contributed by atoms with Gasteiger partial charge in [0.05, 0.1) is 5.57 Å². The molecule has 0 spiro atoms. The number of carbonyl (C=O) groups is 2. The van der Waals surface area contributed by atoms with Gasteiger partial charge in [-0.1, -0.05) is 25.5 Å². The lowest BCUT2D eigenvalue weighted by Crippen LogP contribution is -2.05. The van der Waals surface area contributed by atoms with Crippen molar-refractivity contribution in [2.75, 3.05) is 0 Å². The van der Waals surface area contributed by atoms with Gasteiger partial charge in [-0.15, -0.1) is 0 Å². The van der Waals surface area contributed by atoms with Gasteiger partial charge >= 0.3 is 0 Å². The zero-order chi connectivity index (χ0) is 9.68. The Morgan fingerprint density at radius 2 is 2.38 bits per heavy atom. The molecule has 13 heavy (non-hydrogen) atoms. The molecule has 0 aromatic heterocycles. The quantitative estimate of drug-likeness (QED) is 0.488. The van der Waals surface area contributed by atoms with E-state index in [-0.39, 0.29) is 11.6 Å². The predicted octanol–water partition coefficient (Wildman–Crippen LogP) is 2.20. The Hall–Kier alpha value is -1.18. The first-order chi connectivity index (χ1) is 6.25. The summed E-state index contributed by atoms with van der Waals surface area (Å²) in [4.78, 5) is 22.5. The number of rotatable bonds is 4. The van der Waals surface area contributed by atoms with Gasteiger partial charge in [-0.2, -0.15) is 0 Å². The van der Waals surface area contributed by atoms with E-state index in [9.17, 15) is 9.59 Å².